The maximum Gasteiger partial charge on any atom is 0.331 e. The minimum absolute atomic E-state index is 0.844. The first-order valence-corrected chi connectivity index (χ1v) is 15.9. The van der Waals surface area contributed by atoms with Gasteiger partial charge >= 0.3 is 8.56 Å². The number of allylic oxidation sites excluding steroid dienone is 2. The van der Waals surface area contributed by atoms with Gasteiger partial charge in [-0.2, -0.15) is 0 Å². The van der Waals surface area contributed by atoms with Gasteiger partial charge in [0.15, 0.2) is 0 Å². The SMILES string of the molecule is CCCCC/C=C/CCCO[Si](C)(C)OCCCCCCCCCCCCCC. The molecule has 0 radical (unpaired) electrons. The first kappa shape index (κ1) is 28.9. The predicted octanol–water partition coefficient (Wildman–Crippen LogP) is 9.34. The lowest BCUT2D eigenvalue weighted by atomic mass is 10.1. The Hall–Kier alpha value is -0.123. The Bertz CT molecular complexity index is 342. The van der Waals surface area contributed by atoms with Gasteiger partial charge in [0.2, 0.25) is 0 Å². The van der Waals surface area contributed by atoms with Crippen LogP contribution in [-0.4, -0.2) is 21.8 Å². The number of unbranched alkanes of at least 4 members (excludes halogenated alkanes) is 15. The Morgan fingerprint density at radius 2 is 0.862 bits per heavy atom. The molecule has 0 heterocycles. The van der Waals surface area contributed by atoms with Crippen LogP contribution in [0, 0.1) is 0 Å². The standard InChI is InChI=1S/C26H54O2Si/c1-5-7-9-11-13-15-16-17-18-20-22-24-26-28-29(3,4)27-25-23-21-19-14-12-10-8-6-2/h14,19H,5-13,15-18,20-26H2,1-4H3/b19-14+. The van der Waals surface area contributed by atoms with Crippen molar-refractivity contribution in [2.45, 2.75) is 143 Å². The molecule has 0 fully saturated rings. The molecule has 0 saturated carbocycles. The predicted molar refractivity (Wildman–Crippen MR) is 133 cm³/mol. The van der Waals surface area contributed by atoms with Crippen LogP contribution < -0.4 is 0 Å². The molecular weight excluding hydrogens is 372 g/mol. The van der Waals surface area contributed by atoms with E-state index in [-0.39, 0.29) is 0 Å². The lowest BCUT2D eigenvalue weighted by Crippen LogP contribution is -2.35. The van der Waals surface area contributed by atoms with Gasteiger partial charge in [0.05, 0.1) is 0 Å². The van der Waals surface area contributed by atoms with Crippen molar-refractivity contribution < 1.29 is 8.85 Å². The Labute approximate surface area is 185 Å². The van der Waals surface area contributed by atoms with E-state index in [1.54, 1.807) is 0 Å². The monoisotopic (exact) mass is 426 g/mol. The summed E-state index contributed by atoms with van der Waals surface area (Å²) in [4.78, 5) is 0. The first-order valence-electron chi connectivity index (χ1n) is 13.0. The van der Waals surface area contributed by atoms with E-state index in [0.717, 1.165) is 26.1 Å². The molecule has 0 aromatic carbocycles. The zero-order valence-electron chi connectivity index (χ0n) is 20.6. The molecule has 0 aromatic rings. The summed E-state index contributed by atoms with van der Waals surface area (Å²) in [5.41, 5.74) is 0. The van der Waals surface area contributed by atoms with Crippen molar-refractivity contribution in [3.05, 3.63) is 12.2 Å². The van der Waals surface area contributed by atoms with Gasteiger partial charge in [-0.15, -0.1) is 0 Å². The first-order chi connectivity index (χ1) is 14.1. The second-order valence-corrected chi connectivity index (χ2v) is 12.5. The summed E-state index contributed by atoms with van der Waals surface area (Å²) in [6, 6.07) is 0. The molecule has 0 aliphatic rings. The summed E-state index contributed by atoms with van der Waals surface area (Å²) in [5.74, 6) is 0. The maximum absolute atomic E-state index is 6.09. The van der Waals surface area contributed by atoms with Gasteiger partial charge in [0, 0.05) is 13.2 Å². The topological polar surface area (TPSA) is 18.5 Å². The molecule has 2 nitrogen and oxygen atoms in total. The average Bonchev–Trinajstić information content (AvgIpc) is 2.70. The maximum atomic E-state index is 6.09. The van der Waals surface area contributed by atoms with Crippen molar-refractivity contribution in [3.63, 3.8) is 0 Å². The molecule has 0 bridgehead atoms. The van der Waals surface area contributed by atoms with Crippen LogP contribution in [0.15, 0.2) is 12.2 Å². The summed E-state index contributed by atoms with van der Waals surface area (Å²) in [6.45, 7) is 10.6. The summed E-state index contributed by atoms with van der Waals surface area (Å²) >= 11 is 0. The average molecular weight is 427 g/mol. The van der Waals surface area contributed by atoms with E-state index >= 15 is 0 Å². The Morgan fingerprint density at radius 3 is 1.38 bits per heavy atom. The van der Waals surface area contributed by atoms with Crippen LogP contribution in [0.4, 0.5) is 0 Å². The van der Waals surface area contributed by atoms with Gasteiger partial charge in [-0.3, -0.25) is 0 Å². The second-order valence-electron chi connectivity index (χ2n) is 9.10. The third-order valence-electron chi connectivity index (χ3n) is 5.55. The number of rotatable bonds is 23. The zero-order valence-corrected chi connectivity index (χ0v) is 21.6. The molecular formula is C26H54O2Si. The van der Waals surface area contributed by atoms with Crippen LogP contribution in [0.25, 0.3) is 0 Å². The van der Waals surface area contributed by atoms with Gasteiger partial charge in [-0.25, -0.2) is 0 Å². The van der Waals surface area contributed by atoms with Gasteiger partial charge in [0.1, 0.15) is 0 Å². The molecule has 0 aliphatic carbocycles. The van der Waals surface area contributed by atoms with E-state index in [4.69, 9.17) is 8.85 Å². The minimum atomic E-state index is -1.91. The van der Waals surface area contributed by atoms with E-state index in [9.17, 15) is 0 Å². The minimum Gasteiger partial charge on any atom is -0.395 e. The van der Waals surface area contributed by atoms with Crippen molar-refractivity contribution in [2.75, 3.05) is 13.2 Å². The van der Waals surface area contributed by atoms with Crippen LogP contribution in [0.5, 0.6) is 0 Å². The van der Waals surface area contributed by atoms with E-state index in [0.29, 0.717) is 0 Å². The third-order valence-corrected chi connectivity index (χ3v) is 7.35. The highest BCUT2D eigenvalue weighted by atomic mass is 28.4. The molecule has 174 valence electrons. The second kappa shape index (κ2) is 22.6. The van der Waals surface area contributed by atoms with E-state index in [1.807, 2.05) is 0 Å². The van der Waals surface area contributed by atoms with Crippen LogP contribution in [0.1, 0.15) is 129 Å². The fourth-order valence-electron chi connectivity index (χ4n) is 3.57. The lowest BCUT2D eigenvalue weighted by Gasteiger charge is -2.22. The van der Waals surface area contributed by atoms with E-state index in [2.05, 4.69) is 39.1 Å². The number of hydrogen-bond donors (Lipinski definition) is 0. The number of hydrogen-bond acceptors (Lipinski definition) is 2. The highest BCUT2D eigenvalue weighted by molar-refractivity contribution is 6.64. The smallest absolute Gasteiger partial charge is 0.331 e. The Balaban J connectivity index is 3.35. The highest BCUT2D eigenvalue weighted by Crippen LogP contribution is 2.13. The van der Waals surface area contributed by atoms with Crippen LogP contribution in [0.2, 0.25) is 13.1 Å². The van der Waals surface area contributed by atoms with Crippen molar-refractivity contribution >= 4 is 8.56 Å². The molecule has 0 amide bonds. The quantitative estimate of drug-likeness (QED) is 0.0920. The summed E-state index contributed by atoms with van der Waals surface area (Å²) in [5, 5.41) is 0. The third kappa shape index (κ3) is 24.0. The normalized spacial score (nSPS) is 12.3. The van der Waals surface area contributed by atoms with Gasteiger partial charge in [-0.1, -0.05) is 109 Å². The lowest BCUT2D eigenvalue weighted by molar-refractivity contribution is 0.174. The molecule has 0 aromatic heterocycles. The molecule has 0 aliphatic heterocycles. The molecule has 29 heavy (non-hydrogen) atoms. The van der Waals surface area contributed by atoms with Crippen molar-refractivity contribution in [1.82, 2.24) is 0 Å². The van der Waals surface area contributed by atoms with Gasteiger partial charge in [-0.05, 0) is 45.2 Å². The largest absolute Gasteiger partial charge is 0.395 e. The highest BCUT2D eigenvalue weighted by Gasteiger charge is 2.23. The summed E-state index contributed by atoms with van der Waals surface area (Å²) in [7, 11) is -1.91. The fourth-order valence-corrected chi connectivity index (χ4v) is 4.92. The van der Waals surface area contributed by atoms with Gasteiger partial charge in [0.25, 0.3) is 0 Å². The Kier molecular flexibility index (Phi) is 22.5. The van der Waals surface area contributed by atoms with Gasteiger partial charge < -0.3 is 8.85 Å². The molecule has 0 atom stereocenters. The van der Waals surface area contributed by atoms with Crippen LogP contribution in [-0.2, 0) is 8.85 Å². The fraction of sp³-hybridized carbons (Fsp3) is 0.923. The van der Waals surface area contributed by atoms with Crippen LogP contribution in [0.3, 0.4) is 0 Å². The molecule has 0 N–H and O–H groups in total. The molecule has 0 rings (SSSR count). The van der Waals surface area contributed by atoms with E-state index < -0.39 is 8.56 Å². The molecule has 0 saturated heterocycles. The summed E-state index contributed by atoms with van der Waals surface area (Å²) < 4.78 is 12.2. The van der Waals surface area contributed by atoms with Crippen LogP contribution >= 0.6 is 0 Å². The summed E-state index contributed by atoms with van der Waals surface area (Å²) in [6.07, 6.45) is 28.8. The van der Waals surface area contributed by atoms with Crippen molar-refractivity contribution in [1.29, 1.82) is 0 Å². The molecule has 0 unspecified atom stereocenters. The zero-order chi connectivity index (χ0) is 21.5. The van der Waals surface area contributed by atoms with Crippen molar-refractivity contribution in [3.8, 4) is 0 Å². The van der Waals surface area contributed by atoms with E-state index in [1.165, 1.54) is 103 Å². The Morgan fingerprint density at radius 1 is 0.483 bits per heavy atom. The van der Waals surface area contributed by atoms with Crippen molar-refractivity contribution in [2.24, 2.45) is 0 Å². The molecule has 3 heteroatoms. The molecule has 0 spiro atoms.